The first-order valence-corrected chi connectivity index (χ1v) is 6.72. The van der Waals surface area contributed by atoms with E-state index in [1.165, 1.54) is 18.5 Å². The third-order valence-corrected chi connectivity index (χ3v) is 3.43. The van der Waals surface area contributed by atoms with Crippen LogP contribution in [-0.2, 0) is 9.53 Å². The van der Waals surface area contributed by atoms with E-state index in [2.05, 4.69) is 4.98 Å². The fraction of sp³-hybridized carbons (Fsp3) is 0.500. The van der Waals surface area contributed by atoms with E-state index < -0.39 is 0 Å². The molecule has 108 valence electrons. The van der Waals surface area contributed by atoms with Crippen LogP contribution < -0.4 is 0 Å². The number of nitrogens with zero attached hydrogens (tertiary/aromatic N) is 2. The number of ether oxygens (including phenoxy) is 1. The van der Waals surface area contributed by atoms with Crippen LogP contribution in [0.3, 0.4) is 0 Å². The van der Waals surface area contributed by atoms with Crippen LogP contribution in [0.4, 0.5) is 0 Å². The molecule has 1 aromatic rings. The number of rotatable bonds is 3. The Morgan fingerprint density at radius 1 is 1.45 bits per heavy atom. The lowest BCUT2D eigenvalue weighted by Crippen LogP contribution is -2.40. The maximum Gasteiger partial charge on any atom is 0.309 e. The molecule has 1 N–H and O–H groups in total. The van der Waals surface area contributed by atoms with E-state index in [1.54, 1.807) is 11.8 Å². The summed E-state index contributed by atoms with van der Waals surface area (Å²) in [6.45, 7) is 3.14. The Bertz CT molecular complexity index is 496. The Morgan fingerprint density at radius 2 is 2.15 bits per heavy atom. The summed E-state index contributed by atoms with van der Waals surface area (Å²) in [5.74, 6) is -0.673. The van der Waals surface area contributed by atoms with E-state index in [0.717, 1.165) is 0 Å². The SMILES string of the molecule is CCOC(=O)C1CCN(C(=O)c2ccncc2O)CC1. The minimum Gasteiger partial charge on any atom is -0.505 e. The molecule has 1 aliphatic rings. The molecule has 1 amide bonds. The summed E-state index contributed by atoms with van der Waals surface area (Å²) in [4.78, 5) is 29.3. The quantitative estimate of drug-likeness (QED) is 0.840. The van der Waals surface area contributed by atoms with E-state index in [9.17, 15) is 14.7 Å². The Balaban J connectivity index is 1.96. The number of esters is 1. The smallest absolute Gasteiger partial charge is 0.309 e. The molecule has 2 rings (SSSR count). The Morgan fingerprint density at radius 3 is 2.75 bits per heavy atom. The van der Waals surface area contributed by atoms with Gasteiger partial charge in [0, 0.05) is 19.3 Å². The van der Waals surface area contributed by atoms with Crippen LogP contribution in [0, 0.1) is 5.92 Å². The average Bonchev–Trinajstić information content (AvgIpc) is 2.47. The van der Waals surface area contributed by atoms with Crippen LogP contribution in [0.1, 0.15) is 30.1 Å². The van der Waals surface area contributed by atoms with Crippen molar-refractivity contribution in [1.82, 2.24) is 9.88 Å². The van der Waals surface area contributed by atoms with E-state index in [-0.39, 0.29) is 29.1 Å². The number of likely N-dealkylation sites (tertiary alicyclic amines) is 1. The molecule has 6 heteroatoms. The van der Waals surface area contributed by atoms with Gasteiger partial charge in [-0.05, 0) is 25.8 Å². The Labute approximate surface area is 117 Å². The maximum absolute atomic E-state index is 12.2. The molecule has 1 aliphatic heterocycles. The number of hydrogen-bond acceptors (Lipinski definition) is 5. The normalized spacial score (nSPS) is 15.9. The summed E-state index contributed by atoms with van der Waals surface area (Å²) in [6.07, 6.45) is 3.91. The van der Waals surface area contributed by atoms with Gasteiger partial charge in [-0.1, -0.05) is 0 Å². The largest absolute Gasteiger partial charge is 0.505 e. The van der Waals surface area contributed by atoms with E-state index in [1.807, 2.05) is 0 Å². The zero-order valence-corrected chi connectivity index (χ0v) is 11.4. The molecule has 0 radical (unpaired) electrons. The molecule has 1 fully saturated rings. The molecular weight excluding hydrogens is 260 g/mol. The monoisotopic (exact) mass is 278 g/mol. The summed E-state index contributed by atoms with van der Waals surface area (Å²) < 4.78 is 4.99. The third-order valence-electron chi connectivity index (χ3n) is 3.43. The van der Waals surface area contributed by atoms with Gasteiger partial charge in [0.1, 0.15) is 5.75 Å². The van der Waals surface area contributed by atoms with Crippen LogP contribution in [0.15, 0.2) is 18.5 Å². The van der Waals surface area contributed by atoms with Gasteiger partial charge in [-0.2, -0.15) is 0 Å². The summed E-state index contributed by atoms with van der Waals surface area (Å²) in [7, 11) is 0. The molecule has 0 unspecified atom stereocenters. The van der Waals surface area contributed by atoms with Crippen molar-refractivity contribution in [2.24, 2.45) is 5.92 Å². The molecule has 0 spiro atoms. The van der Waals surface area contributed by atoms with Crippen molar-refractivity contribution in [3.8, 4) is 5.75 Å². The predicted octanol–water partition coefficient (Wildman–Crippen LogP) is 1.20. The first-order valence-electron chi connectivity index (χ1n) is 6.72. The Kier molecular flexibility index (Phi) is 4.55. The highest BCUT2D eigenvalue weighted by Gasteiger charge is 2.29. The average molecular weight is 278 g/mol. The van der Waals surface area contributed by atoms with Gasteiger partial charge < -0.3 is 14.7 Å². The molecule has 0 saturated carbocycles. The first kappa shape index (κ1) is 14.3. The summed E-state index contributed by atoms with van der Waals surface area (Å²) in [6, 6.07) is 1.50. The fourth-order valence-electron chi connectivity index (χ4n) is 2.32. The molecule has 0 bridgehead atoms. The van der Waals surface area contributed by atoms with Crippen LogP contribution in [0.25, 0.3) is 0 Å². The lowest BCUT2D eigenvalue weighted by molar-refractivity contribution is -0.149. The molecule has 0 atom stereocenters. The van der Waals surface area contributed by atoms with Gasteiger partial charge in [-0.3, -0.25) is 14.6 Å². The van der Waals surface area contributed by atoms with Crippen LogP contribution in [0.2, 0.25) is 0 Å². The van der Waals surface area contributed by atoms with Crippen molar-refractivity contribution in [3.63, 3.8) is 0 Å². The zero-order chi connectivity index (χ0) is 14.5. The number of amides is 1. The zero-order valence-electron chi connectivity index (χ0n) is 11.4. The molecule has 0 aromatic carbocycles. The van der Waals surface area contributed by atoms with Crippen LogP contribution in [0.5, 0.6) is 5.75 Å². The molecular formula is C14H18N2O4. The lowest BCUT2D eigenvalue weighted by atomic mass is 9.96. The topological polar surface area (TPSA) is 79.7 Å². The minimum atomic E-state index is -0.229. The lowest BCUT2D eigenvalue weighted by Gasteiger charge is -2.31. The summed E-state index contributed by atoms with van der Waals surface area (Å²) in [5, 5.41) is 9.64. The molecule has 6 nitrogen and oxygen atoms in total. The Hall–Kier alpha value is -2.11. The second-order valence-electron chi connectivity index (χ2n) is 4.71. The van der Waals surface area contributed by atoms with Crippen molar-refractivity contribution in [2.75, 3.05) is 19.7 Å². The highest BCUT2D eigenvalue weighted by molar-refractivity contribution is 5.96. The van der Waals surface area contributed by atoms with Crippen molar-refractivity contribution in [3.05, 3.63) is 24.0 Å². The number of carbonyl (C=O) groups excluding carboxylic acids is 2. The van der Waals surface area contributed by atoms with E-state index >= 15 is 0 Å². The number of hydrogen-bond donors (Lipinski definition) is 1. The number of aromatic nitrogens is 1. The number of pyridine rings is 1. The van der Waals surface area contributed by atoms with Gasteiger partial charge >= 0.3 is 5.97 Å². The van der Waals surface area contributed by atoms with Crippen LogP contribution >= 0.6 is 0 Å². The van der Waals surface area contributed by atoms with Crippen molar-refractivity contribution < 1.29 is 19.4 Å². The summed E-state index contributed by atoms with van der Waals surface area (Å²) >= 11 is 0. The maximum atomic E-state index is 12.2. The van der Waals surface area contributed by atoms with E-state index in [4.69, 9.17) is 4.74 Å². The van der Waals surface area contributed by atoms with Gasteiger partial charge in [-0.15, -0.1) is 0 Å². The summed E-state index contributed by atoms with van der Waals surface area (Å²) in [5.41, 5.74) is 0.245. The number of aromatic hydroxyl groups is 1. The third kappa shape index (κ3) is 3.07. The second kappa shape index (κ2) is 6.36. The molecule has 1 aromatic heterocycles. The van der Waals surface area contributed by atoms with Crippen molar-refractivity contribution in [2.45, 2.75) is 19.8 Å². The molecule has 2 heterocycles. The molecule has 0 aliphatic carbocycles. The van der Waals surface area contributed by atoms with Crippen LogP contribution in [-0.4, -0.2) is 46.6 Å². The minimum absolute atomic E-state index is 0.120. The first-order chi connectivity index (χ1) is 9.63. The second-order valence-corrected chi connectivity index (χ2v) is 4.71. The van der Waals surface area contributed by atoms with Gasteiger partial charge in [0.2, 0.25) is 0 Å². The molecule has 1 saturated heterocycles. The fourth-order valence-corrected chi connectivity index (χ4v) is 2.32. The van der Waals surface area contributed by atoms with E-state index in [0.29, 0.717) is 32.5 Å². The highest BCUT2D eigenvalue weighted by atomic mass is 16.5. The number of piperidine rings is 1. The van der Waals surface area contributed by atoms with Crippen molar-refractivity contribution in [1.29, 1.82) is 0 Å². The number of carbonyl (C=O) groups is 2. The van der Waals surface area contributed by atoms with Gasteiger partial charge in [0.15, 0.2) is 0 Å². The highest BCUT2D eigenvalue weighted by Crippen LogP contribution is 2.22. The van der Waals surface area contributed by atoms with Gasteiger partial charge in [0.25, 0.3) is 5.91 Å². The predicted molar refractivity (Wildman–Crippen MR) is 71.2 cm³/mol. The standard InChI is InChI=1S/C14H18N2O4/c1-2-20-14(19)10-4-7-16(8-5-10)13(18)11-3-6-15-9-12(11)17/h3,6,9-10,17H,2,4-5,7-8H2,1H3. The molecule has 20 heavy (non-hydrogen) atoms. The van der Waals surface area contributed by atoms with Gasteiger partial charge in [0.05, 0.1) is 24.3 Å². The van der Waals surface area contributed by atoms with Crippen molar-refractivity contribution >= 4 is 11.9 Å². The van der Waals surface area contributed by atoms with Gasteiger partial charge in [-0.25, -0.2) is 0 Å².